The van der Waals surface area contributed by atoms with Gasteiger partial charge in [-0.2, -0.15) is 4.31 Å². The van der Waals surface area contributed by atoms with Crippen molar-refractivity contribution in [1.29, 1.82) is 0 Å². The zero-order valence-electron chi connectivity index (χ0n) is 17.6. The van der Waals surface area contributed by atoms with Gasteiger partial charge in [-0.25, -0.2) is 13.4 Å². The summed E-state index contributed by atoms with van der Waals surface area (Å²) in [6, 6.07) is 12.7. The number of rotatable bonds is 10. The maximum absolute atomic E-state index is 12.6. The molecule has 1 N–H and O–H groups in total. The number of sulfonamides is 1. The second-order valence-electron chi connectivity index (χ2n) is 7.06. The van der Waals surface area contributed by atoms with E-state index in [2.05, 4.69) is 15.2 Å². The molecule has 1 aliphatic heterocycles. The van der Waals surface area contributed by atoms with Gasteiger partial charge in [0.15, 0.2) is 6.61 Å². The zero-order chi connectivity index (χ0) is 22.1. The van der Waals surface area contributed by atoms with Crippen LogP contribution in [0.15, 0.2) is 48.7 Å². The van der Waals surface area contributed by atoms with Crippen LogP contribution in [0.5, 0.6) is 11.5 Å². The van der Waals surface area contributed by atoms with Gasteiger partial charge in [0.25, 0.3) is 5.91 Å². The van der Waals surface area contributed by atoms with E-state index in [1.165, 1.54) is 4.31 Å². The summed E-state index contributed by atoms with van der Waals surface area (Å²) >= 11 is 0. The van der Waals surface area contributed by atoms with Crippen LogP contribution in [0.2, 0.25) is 0 Å². The zero-order valence-corrected chi connectivity index (χ0v) is 18.4. The fraction of sp³-hybridized carbons (Fsp3) is 0.429. The topological polar surface area (TPSA) is 101 Å². The van der Waals surface area contributed by atoms with Gasteiger partial charge in [0, 0.05) is 45.0 Å². The van der Waals surface area contributed by atoms with Crippen molar-refractivity contribution >= 4 is 21.7 Å². The van der Waals surface area contributed by atoms with E-state index in [4.69, 9.17) is 9.47 Å². The first-order valence-corrected chi connectivity index (χ1v) is 11.8. The van der Waals surface area contributed by atoms with Gasteiger partial charge in [0.2, 0.25) is 10.0 Å². The monoisotopic (exact) mass is 448 g/mol. The Morgan fingerprint density at radius 3 is 2.58 bits per heavy atom. The molecule has 0 radical (unpaired) electrons. The Labute approximate surface area is 183 Å². The minimum absolute atomic E-state index is 0.00634. The molecule has 0 aliphatic carbocycles. The van der Waals surface area contributed by atoms with E-state index in [0.29, 0.717) is 44.1 Å². The predicted molar refractivity (Wildman–Crippen MR) is 118 cm³/mol. The number of pyridine rings is 1. The van der Waals surface area contributed by atoms with Gasteiger partial charge in [-0.3, -0.25) is 4.79 Å². The van der Waals surface area contributed by atoms with Crippen molar-refractivity contribution in [2.24, 2.45) is 0 Å². The number of hydrogen-bond acceptors (Lipinski definition) is 7. The summed E-state index contributed by atoms with van der Waals surface area (Å²) in [5, 5.41) is 2.69. The number of amides is 1. The molecule has 1 aliphatic rings. The van der Waals surface area contributed by atoms with E-state index in [0.717, 1.165) is 5.82 Å². The quantitative estimate of drug-likeness (QED) is 0.544. The van der Waals surface area contributed by atoms with Crippen molar-refractivity contribution in [3.05, 3.63) is 48.7 Å². The second-order valence-corrected chi connectivity index (χ2v) is 9.15. The molecule has 168 valence electrons. The maximum atomic E-state index is 12.6. The molecule has 31 heavy (non-hydrogen) atoms. The lowest BCUT2D eigenvalue weighted by Crippen LogP contribution is -2.49. The van der Waals surface area contributed by atoms with Crippen LogP contribution in [0.3, 0.4) is 0 Å². The first kappa shape index (κ1) is 22.8. The van der Waals surface area contributed by atoms with Gasteiger partial charge in [-0.15, -0.1) is 0 Å². The molecule has 1 aromatic carbocycles. The maximum Gasteiger partial charge on any atom is 0.257 e. The fourth-order valence-electron chi connectivity index (χ4n) is 3.24. The van der Waals surface area contributed by atoms with Crippen LogP contribution >= 0.6 is 0 Å². The van der Waals surface area contributed by atoms with Crippen molar-refractivity contribution in [1.82, 2.24) is 14.6 Å². The number of ether oxygens (including phenoxy) is 2. The minimum Gasteiger partial charge on any atom is -0.497 e. The number of benzene rings is 1. The van der Waals surface area contributed by atoms with Crippen LogP contribution in [0.1, 0.15) is 6.42 Å². The standard InChI is InChI=1S/C21H28N4O5S/c1-29-18-6-4-7-19(16-18)30-17-21(26)23-10-5-15-31(27,28)25-13-11-24(12-14-25)20-8-2-3-9-22-20/h2-4,6-9,16H,5,10-15,17H2,1H3,(H,23,26). The predicted octanol–water partition coefficient (Wildman–Crippen LogP) is 1.13. The molecule has 10 heteroatoms. The molecule has 1 fully saturated rings. The third kappa shape index (κ3) is 6.83. The Bertz CT molecular complexity index is 947. The highest BCUT2D eigenvalue weighted by atomic mass is 32.2. The number of carbonyl (C=O) groups excluding carboxylic acids is 1. The van der Waals surface area contributed by atoms with E-state index >= 15 is 0 Å². The lowest BCUT2D eigenvalue weighted by atomic mass is 10.3. The Morgan fingerprint density at radius 1 is 1.10 bits per heavy atom. The van der Waals surface area contributed by atoms with Crippen LogP contribution in [0, 0.1) is 0 Å². The molecule has 1 aromatic heterocycles. The molecule has 0 unspecified atom stereocenters. The SMILES string of the molecule is COc1cccc(OCC(=O)NCCCS(=O)(=O)N2CCN(c3ccccn3)CC2)c1. The molecule has 1 amide bonds. The molecule has 3 rings (SSSR count). The van der Waals surface area contributed by atoms with Crippen LogP contribution < -0.4 is 19.7 Å². The number of piperazine rings is 1. The summed E-state index contributed by atoms with van der Waals surface area (Å²) in [6.45, 7) is 2.20. The average Bonchev–Trinajstić information content (AvgIpc) is 2.81. The van der Waals surface area contributed by atoms with Gasteiger partial charge in [0.1, 0.15) is 17.3 Å². The molecule has 1 saturated heterocycles. The Kier molecular flexibility index (Phi) is 8.07. The first-order valence-electron chi connectivity index (χ1n) is 10.2. The Balaban J connectivity index is 1.34. The van der Waals surface area contributed by atoms with Gasteiger partial charge in [-0.1, -0.05) is 12.1 Å². The largest absolute Gasteiger partial charge is 0.497 e. The third-order valence-electron chi connectivity index (χ3n) is 4.92. The summed E-state index contributed by atoms with van der Waals surface area (Å²) < 4.78 is 37.2. The highest BCUT2D eigenvalue weighted by molar-refractivity contribution is 7.89. The highest BCUT2D eigenvalue weighted by Crippen LogP contribution is 2.18. The number of anilines is 1. The second kappa shape index (κ2) is 11.0. The van der Waals surface area contributed by atoms with E-state index in [1.807, 2.05) is 18.2 Å². The summed E-state index contributed by atoms with van der Waals surface area (Å²) in [4.78, 5) is 18.3. The van der Waals surface area contributed by atoms with Gasteiger partial charge in [0.05, 0.1) is 12.9 Å². The summed E-state index contributed by atoms with van der Waals surface area (Å²) in [5.41, 5.74) is 0. The number of hydrogen-bond donors (Lipinski definition) is 1. The van der Waals surface area contributed by atoms with E-state index < -0.39 is 10.0 Å². The van der Waals surface area contributed by atoms with Gasteiger partial charge in [-0.05, 0) is 30.7 Å². The fourth-order valence-corrected chi connectivity index (χ4v) is 4.73. The van der Waals surface area contributed by atoms with E-state index in [9.17, 15) is 13.2 Å². The molecule has 9 nitrogen and oxygen atoms in total. The molecule has 2 aromatic rings. The van der Waals surface area contributed by atoms with Crippen LogP contribution in [0.25, 0.3) is 0 Å². The van der Waals surface area contributed by atoms with Crippen molar-refractivity contribution < 1.29 is 22.7 Å². The molecule has 0 bridgehead atoms. The summed E-state index contributed by atoms with van der Waals surface area (Å²) in [5.74, 6) is 1.72. The van der Waals surface area contributed by atoms with Crippen LogP contribution in [-0.2, 0) is 14.8 Å². The Morgan fingerprint density at radius 2 is 1.87 bits per heavy atom. The van der Waals surface area contributed by atoms with Gasteiger partial charge < -0.3 is 19.7 Å². The molecular weight excluding hydrogens is 420 g/mol. The Hall–Kier alpha value is -2.85. The first-order chi connectivity index (χ1) is 15.0. The normalized spacial score (nSPS) is 14.8. The number of nitrogens with zero attached hydrogens (tertiary/aromatic N) is 3. The smallest absolute Gasteiger partial charge is 0.257 e. The van der Waals surface area contributed by atoms with Gasteiger partial charge >= 0.3 is 0 Å². The van der Waals surface area contributed by atoms with Crippen molar-refractivity contribution in [2.45, 2.75) is 6.42 Å². The van der Waals surface area contributed by atoms with Crippen LogP contribution in [-0.4, -0.2) is 75.8 Å². The van der Waals surface area contributed by atoms with Crippen LogP contribution in [0.4, 0.5) is 5.82 Å². The summed E-state index contributed by atoms with van der Waals surface area (Å²) in [6.07, 6.45) is 2.07. The lowest BCUT2D eigenvalue weighted by Gasteiger charge is -2.34. The molecular formula is C21H28N4O5S. The molecule has 0 atom stereocenters. The van der Waals surface area contributed by atoms with Crippen molar-refractivity contribution in [2.75, 3.05) is 57.1 Å². The number of nitrogens with one attached hydrogen (secondary N) is 1. The van der Waals surface area contributed by atoms with E-state index in [-0.39, 0.29) is 24.8 Å². The summed E-state index contributed by atoms with van der Waals surface area (Å²) in [7, 11) is -1.80. The minimum atomic E-state index is -3.36. The molecule has 0 saturated carbocycles. The molecule has 0 spiro atoms. The van der Waals surface area contributed by atoms with E-state index in [1.54, 1.807) is 37.6 Å². The number of methoxy groups -OCH3 is 1. The number of aromatic nitrogens is 1. The molecule has 2 heterocycles. The highest BCUT2D eigenvalue weighted by Gasteiger charge is 2.26. The third-order valence-corrected chi connectivity index (χ3v) is 6.87. The average molecular weight is 449 g/mol. The van der Waals surface area contributed by atoms with Crippen molar-refractivity contribution in [3.8, 4) is 11.5 Å². The number of carbonyl (C=O) groups is 1. The van der Waals surface area contributed by atoms with Crippen molar-refractivity contribution in [3.63, 3.8) is 0 Å². The lowest BCUT2D eigenvalue weighted by molar-refractivity contribution is -0.123.